The van der Waals surface area contributed by atoms with Crippen LogP contribution >= 0.6 is 0 Å². The number of hydrogen-bond donors (Lipinski definition) is 3. The van der Waals surface area contributed by atoms with Gasteiger partial charge in [-0.25, -0.2) is 9.59 Å². The number of hydrogen-bond acceptors (Lipinski definition) is 9. The van der Waals surface area contributed by atoms with Gasteiger partial charge in [0.1, 0.15) is 29.8 Å². The molecule has 12 heteroatoms. The quantitative estimate of drug-likeness (QED) is 0.0911. The van der Waals surface area contributed by atoms with Crippen LogP contribution in [0, 0.1) is 0 Å². The van der Waals surface area contributed by atoms with Crippen LogP contribution in [0.2, 0.25) is 0 Å². The normalized spacial score (nSPS) is 13.6. The first-order valence-corrected chi connectivity index (χ1v) is 20.8. The van der Waals surface area contributed by atoms with Gasteiger partial charge in [-0.15, -0.1) is 0 Å². The zero-order chi connectivity index (χ0) is 43.9. The third-order valence-electron chi connectivity index (χ3n) is 10.4. The summed E-state index contributed by atoms with van der Waals surface area (Å²) in [5, 5.41) is 13.2. The molecular formula is C50H53N5O7. The second-order valence-electron chi connectivity index (χ2n) is 17.2. The Balaban J connectivity index is 1.21. The van der Waals surface area contributed by atoms with E-state index in [1.807, 2.05) is 148 Å². The highest BCUT2D eigenvalue weighted by Gasteiger charge is 2.39. The van der Waals surface area contributed by atoms with Crippen LogP contribution in [-0.2, 0) is 24.5 Å². The topological polar surface area (TPSA) is 154 Å². The van der Waals surface area contributed by atoms with Gasteiger partial charge in [0.05, 0.1) is 18.6 Å². The van der Waals surface area contributed by atoms with Crippen LogP contribution in [0.3, 0.4) is 0 Å². The molecule has 0 unspecified atom stereocenters. The van der Waals surface area contributed by atoms with Gasteiger partial charge in [0.15, 0.2) is 5.82 Å². The highest BCUT2D eigenvalue weighted by molar-refractivity contribution is 5.81. The predicted octanol–water partition coefficient (Wildman–Crippen LogP) is 9.53. The number of nitrogens with zero attached hydrogens (tertiary/aromatic N) is 2. The molecule has 1 aromatic heterocycles. The van der Waals surface area contributed by atoms with Crippen molar-refractivity contribution in [3.05, 3.63) is 179 Å². The first-order chi connectivity index (χ1) is 29.7. The summed E-state index contributed by atoms with van der Waals surface area (Å²) in [4.78, 5) is 46.3. The summed E-state index contributed by atoms with van der Waals surface area (Å²) in [6, 6.07) is 43.2. The number of rotatable bonds is 14. The maximum Gasteiger partial charge on any atom is 0.408 e. The van der Waals surface area contributed by atoms with E-state index in [9.17, 15) is 14.4 Å². The molecule has 1 aliphatic carbocycles. The van der Waals surface area contributed by atoms with E-state index in [2.05, 4.69) is 38.2 Å². The number of alkyl carbamates (subject to hydrolysis) is 2. The first-order valence-electron chi connectivity index (χ1n) is 20.8. The van der Waals surface area contributed by atoms with E-state index < -0.39 is 46.9 Å². The average Bonchev–Trinajstić information content (AvgIpc) is 3.87. The molecule has 12 nitrogen and oxygen atoms in total. The summed E-state index contributed by atoms with van der Waals surface area (Å²) in [5.74, 6) is -0.664. The molecule has 5 aromatic carbocycles. The Morgan fingerprint density at radius 1 is 0.629 bits per heavy atom. The number of amides is 3. The molecule has 3 amide bonds. The number of nitrogens with one attached hydrogen (secondary N) is 3. The van der Waals surface area contributed by atoms with Crippen molar-refractivity contribution in [3.63, 3.8) is 0 Å². The number of ether oxygens (including phenoxy) is 3. The van der Waals surface area contributed by atoms with Crippen molar-refractivity contribution in [1.82, 2.24) is 26.1 Å². The number of fused-ring (bicyclic) bond motifs is 3. The Bertz CT molecular complexity index is 2320. The Morgan fingerprint density at radius 3 is 1.61 bits per heavy atom. The van der Waals surface area contributed by atoms with Gasteiger partial charge in [-0.1, -0.05) is 145 Å². The van der Waals surface area contributed by atoms with Crippen molar-refractivity contribution in [2.75, 3.05) is 13.2 Å². The molecular weight excluding hydrogens is 783 g/mol. The lowest BCUT2D eigenvalue weighted by Crippen LogP contribution is -2.48. The molecule has 62 heavy (non-hydrogen) atoms. The zero-order valence-electron chi connectivity index (χ0n) is 35.9. The molecule has 6 aromatic rings. The van der Waals surface area contributed by atoms with Crippen LogP contribution < -0.4 is 16.0 Å². The van der Waals surface area contributed by atoms with Gasteiger partial charge < -0.3 is 34.7 Å². The van der Waals surface area contributed by atoms with Gasteiger partial charge in [0.2, 0.25) is 11.8 Å². The highest BCUT2D eigenvalue weighted by atomic mass is 16.6. The van der Waals surface area contributed by atoms with E-state index in [0.29, 0.717) is 0 Å². The minimum atomic E-state index is -1.17. The van der Waals surface area contributed by atoms with E-state index in [0.717, 1.165) is 38.9 Å². The van der Waals surface area contributed by atoms with Gasteiger partial charge in [0, 0.05) is 5.92 Å². The molecule has 0 radical (unpaired) electrons. The van der Waals surface area contributed by atoms with Gasteiger partial charge in [-0.05, 0) is 80.5 Å². The monoisotopic (exact) mass is 835 g/mol. The molecule has 7 rings (SSSR count). The first kappa shape index (κ1) is 43.3. The minimum Gasteiger partial charge on any atom is -0.449 e. The zero-order valence-corrected chi connectivity index (χ0v) is 35.9. The summed E-state index contributed by atoms with van der Waals surface area (Å²) in [6.45, 7) is 10.9. The Morgan fingerprint density at radius 2 is 1.11 bits per heavy atom. The van der Waals surface area contributed by atoms with Crippen molar-refractivity contribution in [2.45, 2.75) is 82.7 Å². The maximum absolute atomic E-state index is 14.7. The summed E-state index contributed by atoms with van der Waals surface area (Å²) in [7, 11) is 0. The van der Waals surface area contributed by atoms with Crippen molar-refractivity contribution >= 4 is 18.1 Å². The number of benzene rings is 5. The summed E-state index contributed by atoms with van der Waals surface area (Å²) in [5.41, 5.74) is 4.27. The standard InChI is InChI=1S/C50H53N5O7/c1-48(2,3)60-32-42(52-47(58)61-49(4,5)6)44-53-45(62-55-44)41(51-46(57)59-31-40-38-28-18-16-26-36(38)37-27-17-19-29-39(37)40)30-43(56)54-50(33-20-10-7-11-21-33,34-22-12-8-13-23-34)35-24-14-9-15-25-35/h7-29,40-42H,30-32H2,1-6H3,(H,51,57)(H,52,58)(H,54,56)/t41-,42-/m1/s1. The van der Waals surface area contributed by atoms with Crippen molar-refractivity contribution in [2.24, 2.45) is 0 Å². The molecule has 320 valence electrons. The van der Waals surface area contributed by atoms with E-state index in [1.165, 1.54) is 0 Å². The average molecular weight is 836 g/mol. The Hall–Kier alpha value is -6.79. The second kappa shape index (κ2) is 18.4. The fourth-order valence-electron chi connectivity index (χ4n) is 7.70. The van der Waals surface area contributed by atoms with Gasteiger partial charge >= 0.3 is 12.2 Å². The molecule has 0 spiro atoms. The van der Waals surface area contributed by atoms with Gasteiger partial charge in [-0.3, -0.25) is 4.79 Å². The summed E-state index contributed by atoms with van der Waals surface area (Å²) >= 11 is 0. The second-order valence-corrected chi connectivity index (χ2v) is 17.2. The number of carbonyl (C=O) groups is 3. The van der Waals surface area contributed by atoms with E-state index in [4.69, 9.17) is 18.7 Å². The summed E-state index contributed by atoms with van der Waals surface area (Å²) in [6.07, 6.45) is -1.83. The molecule has 0 fully saturated rings. The highest BCUT2D eigenvalue weighted by Crippen LogP contribution is 2.44. The van der Waals surface area contributed by atoms with Crippen molar-refractivity contribution in [1.29, 1.82) is 0 Å². The molecule has 1 heterocycles. The lowest BCUT2D eigenvalue weighted by Gasteiger charge is -2.37. The molecule has 0 bridgehead atoms. The van der Waals surface area contributed by atoms with Gasteiger partial charge in [0.25, 0.3) is 0 Å². The van der Waals surface area contributed by atoms with E-state index >= 15 is 0 Å². The number of carbonyl (C=O) groups excluding carboxylic acids is 3. The Labute approximate surface area is 362 Å². The van der Waals surface area contributed by atoms with Crippen molar-refractivity contribution in [3.8, 4) is 11.1 Å². The minimum absolute atomic E-state index is 0.0274. The fourth-order valence-corrected chi connectivity index (χ4v) is 7.70. The molecule has 0 saturated carbocycles. The third kappa shape index (κ3) is 10.2. The molecule has 2 atom stereocenters. The lowest BCUT2D eigenvalue weighted by molar-refractivity contribution is -0.123. The summed E-state index contributed by atoms with van der Waals surface area (Å²) < 4.78 is 23.3. The van der Waals surface area contributed by atoms with Crippen LogP contribution in [0.5, 0.6) is 0 Å². The SMILES string of the molecule is CC(C)(C)OC[C@@H](NC(=O)OC(C)(C)C)c1noc([C@@H](CC(=O)NC(c2ccccc2)(c2ccccc2)c2ccccc2)NC(=O)OCC2c3ccccc3-c3ccccc32)n1. The van der Waals surface area contributed by atoms with Crippen LogP contribution in [0.4, 0.5) is 9.59 Å². The lowest BCUT2D eigenvalue weighted by atomic mass is 9.77. The molecule has 3 N–H and O–H groups in total. The predicted molar refractivity (Wildman–Crippen MR) is 235 cm³/mol. The van der Waals surface area contributed by atoms with E-state index in [1.54, 1.807) is 20.8 Å². The van der Waals surface area contributed by atoms with Crippen LogP contribution in [0.1, 0.15) is 105 Å². The number of aromatic nitrogens is 2. The van der Waals surface area contributed by atoms with Gasteiger partial charge in [-0.2, -0.15) is 4.98 Å². The molecule has 1 aliphatic rings. The third-order valence-corrected chi connectivity index (χ3v) is 10.4. The fraction of sp³-hybridized carbons (Fsp3) is 0.300. The largest absolute Gasteiger partial charge is 0.449 e. The molecule has 0 aliphatic heterocycles. The van der Waals surface area contributed by atoms with E-state index in [-0.39, 0.29) is 37.3 Å². The van der Waals surface area contributed by atoms with Crippen LogP contribution in [-0.4, -0.2) is 52.7 Å². The van der Waals surface area contributed by atoms with Crippen LogP contribution in [0.25, 0.3) is 11.1 Å². The van der Waals surface area contributed by atoms with Crippen molar-refractivity contribution < 1.29 is 33.1 Å². The Kier molecular flexibility index (Phi) is 12.9. The maximum atomic E-state index is 14.7. The smallest absolute Gasteiger partial charge is 0.408 e. The molecule has 0 saturated heterocycles. The van der Waals surface area contributed by atoms with Crippen LogP contribution in [0.15, 0.2) is 144 Å².